The van der Waals surface area contributed by atoms with Crippen LogP contribution >= 0.6 is 0 Å². The van der Waals surface area contributed by atoms with Gasteiger partial charge in [0.15, 0.2) is 0 Å². The first-order valence-corrected chi connectivity index (χ1v) is 7.43. The number of rotatable bonds is 0. The average Bonchev–Trinajstić information content (AvgIpc) is 2.59. The summed E-state index contributed by atoms with van der Waals surface area (Å²) in [6, 6.07) is 23.7. The lowest BCUT2D eigenvalue weighted by molar-refractivity contribution is 1.75. The van der Waals surface area contributed by atoms with Gasteiger partial charge in [0, 0.05) is 5.56 Å². The molecule has 0 fully saturated rings. The first-order valence-electron chi connectivity index (χ1n) is 7.43. The molecular weight excluding hydrogens is 264 g/mol. The summed E-state index contributed by atoms with van der Waals surface area (Å²) < 4.78 is 0. The highest BCUT2D eigenvalue weighted by Crippen LogP contribution is 2.40. The van der Waals surface area contributed by atoms with E-state index in [-0.39, 0.29) is 0 Å². The molecule has 5 aromatic rings. The Bertz CT molecular complexity index is 1170. The van der Waals surface area contributed by atoms with Gasteiger partial charge in [0.1, 0.15) is 0 Å². The van der Waals surface area contributed by atoms with Crippen LogP contribution in [0.1, 0.15) is 5.56 Å². The molecule has 0 saturated carbocycles. The van der Waals surface area contributed by atoms with Crippen LogP contribution in [0, 0.1) is 12.3 Å². The first kappa shape index (κ1) is 11.6. The van der Waals surface area contributed by atoms with Gasteiger partial charge in [-0.1, -0.05) is 66.6 Å². The standard InChI is InChI=1S/C22H12/c1-2-14-12-13-20-18-10-4-7-15-6-3-9-17(21(15)18)19-11-5-8-16(14)22(19)20/h1,3-13H. The smallest absolute Gasteiger partial charge is 0.0321 e. The zero-order chi connectivity index (χ0) is 14.7. The molecule has 0 aliphatic rings. The minimum atomic E-state index is 0.965. The van der Waals surface area contributed by atoms with Crippen molar-refractivity contribution in [2.45, 2.75) is 0 Å². The Kier molecular flexibility index (Phi) is 2.11. The van der Waals surface area contributed by atoms with Crippen molar-refractivity contribution in [1.82, 2.24) is 0 Å². The molecule has 100 valence electrons. The van der Waals surface area contributed by atoms with Crippen molar-refractivity contribution in [1.29, 1.82) is 0 Å². The van der Waals surface area contributed by atoms with E-state index in [4.69, 9.17) is 6.42 Å². The van der Waals surface area contributed by atoms with Gasteiger partial charge in [-0.05, 0) is 49.2 Å². The van der Waals surface area contributed by atoms with Crippen LogP contribution in [0.5, 0.6) is 0 Å². The van der Waals surface area contributed by atoms with Crippen LogP contribution < -0.4 is 0 Å². The summed E-state index contributed by atoms with van der Waals surface area (Å²) in [5, 5.41) is 10.3. The number of terminal acetylenes is 1. The van der Waals surface area contributed by atoms with Crippen LogP contribution in [-0.4, -0.2) is 0 Å². The van der Waals surface area contributed by atoms with Gasteiger partial charge >= 0.3 is 0 Å². The Balaban J connectivity index is 2.26. The molecule has 0 heteroatoms. The highest BCUT2D eigenvalue weighted by molar-refractivity contribution is 6.33. The maximum absolute atomic E-state index is 5.70. The van der Waals surface area contributed by atoms with E-state index >= 15 is 0 Å². The van der Waals surface area contributed by atoms with Crippen LogP contribution in [0.4, 0.5) is 0 Å². The van der Waals surface area contributed by atoms with Gasteiger partial charge < -0.3 is 0 Å². The minimum Gasteiger partial charge on any atom is -0.115 e. The van der Waals surface area contributed by atoms with E-state index in [2.05, 4.69) is 72.7 Å². The molecule has 0 bridgehead atoms. The normalized spacial score (nSPS) is 11.6. The molecular formula is C22H12. The lowest BCUT2D eigenvalue weighted by Gasteiger charge is -2.14. The zero-order valence-electron chi connectivity index (χ0n) is 11.9. The van der Waals surface area contributed by atoms with E-state index < -0.39 is 0 Å². The molecule has 0 radical (unpaired) electrons. The van der Waals surface area contributed by atoms with Crippen molar-refractivity contribution >= 4 is 43.1 Å². The largest absolute Gasteiger partial charge is 0.115 e. The molecule has 0 N–H and O–H groups in total. The third-order valence-electron chi connectivity index (χ3n) is 4.68. The highest BCUT2D eigenvalue weighted by Gasteiger charge is 2.13. The second-order valence-corrected chi connectivity index (χ2v) is 5.74. The van der Waals surface area contributed by atoms with Crippen molar-refractivity contribution in [2.75, 3.05) is 0 Å². The quantitative estimate of drug-likeness (QED) is 0.193. The van der Waals surface area contributed by atoms with Crippen molar-refractivity contribution in [3.05, 3.63) is 72.3 Å². The van der Waals surface area contributed by atoms with Gasteiger partial charge in [-0.2, -0.15) is 0 Å². The molecule has 22 heavy (non-hydrogen) atoms. The predicted octanol–water partition coefficient (Wildman–Crippen LogP) is 5.72. The Morgan fingerprint density at radius 1 is 0.545 bits per heavy atom. The monoisotopic (exact) mass is 276 g/mol. The molecule has 5 aromatic carbocycles. The SMILES string of the molecule is C#Cc1ccc2c3cccc4cccc(c5cccc1c52)c43. The molecule has 0 nitrogen and oxygen atoms in total. The van der Waals surface area contributed by atoms with Crippen LogP contribution in [0.15, 0.2) is 66.7 Å². The third kappa shape index (κ3) is 1.29. The highest BCUT2D eigenvalue weighted by atomic mass is 14.2. The summed E-state index contributed by atoms with van der Waals surface area (Å²) in [5.74, 6) is 2.82. The maximum Gasteiger partial charge on any atom is 0.0321 e. The summed E-state index contributed by atoms with van der Waals surface area (Å²) in [6.45, 7) is 0. The van der Waals surface area contributed by atoms with Crippen molar-refractivity contribution in [2.24, 2.45) is 0 Å². The predicted molar refractivity (Wildman–Crippen MR) is 95.6 cm³/mol. The summed E-state index contributed by atoms with van der Waals surface area (Å²) in [5.41, 5.74) is 0.965. The van der Waals surface area contributed by atoms with Crippen molar-refractivity contribution < 1.29 is 0 Å². The molecule has 0 heterocycles. The summed E-state index contributed by atoms with van der Waals surface area (Å²) >= 11 is 0. The van der Waals surface area contributed by atoms with Gasteiger partial charge in [0.2, 0.25) is 0 Å². The van der Waals surface area contributed by atoms with Gasteiger partial charge in [0.05, 0.1) is 0 Å². The third-order valence-corrected chi connectivity index (χ3v) is 4.68. The van der Waals surface area contributed by atoms with Crippen LogP contribution in [0.2, 0.25) is 0 Å². The van der Waals surface area contributed by atoms with E-state index in [0.29, 0.717) is 0 Å². The second kappa shape index (κ2) is 4.00. The van der Waals surface area contributed by atoms with E-state index in [1.54, 1.807) is 0 Å². The van der Waals surface area contributed by atoms with Crippen LogP contribution in [0.25, 0.3) is 43.1 Å². The molecule has 0 atom stereocenters. The van der Waals surface area contributed by atoms with Crippen molar-refractivity contribution in [3.63, 3.8) is 0 Å². The molecule has 0 unspecified atom stereocenters. The fourth-order valence-corrected chi connectivity index (χ4v) is 3.77. The number of benzene rings is 5. The molecule has 0 spiro atoms. The van der Waals surface area contributed by atoms with Crippen LogP contribution in [0.3, 0.4) is 0 Å². The molecule has 0 aliphatic carbocycles. The minimum absolute atomic E-state index is 0.965. The fourth-order valence-electron chi connectivity index (χ4n) is 3.77. The Morgan fingerprint density at radius 2 is 1.09 bits per heavy atom. The number of fused-ring (bicyclic) bond motifs is 2. The lowest BCUT2D eigenvalue weighted by atomic mass is 9.88. The van der Waals surface area contributed by atoms with Gasteiger partial charge in [-0.15, -0.1) is 6.42 Å². The second-order valence-electron chi connectivity index (χ2n) is 5.74. The number of hydrogen-bond acceptors (Lipinski definition) is 0. The lowest BCUT2D eigenvalue weighted by Crippen LogP contribution is -1.88. The summed E-state index contributed by atoms with van der Waals surface area (Å²) in [7, 11) is 0. The van der Waals surface area contributed by atoms with E-state index in [1.807, 2.05) is 0 Å². The van der Waals surface area contributed by atoms with Gasteiger partial charge in [-0.3, -0.25) is 0 Å². The van der Waals surface area contributed by atoms with Gasteiger partial charge in [0.25, 0.3) is 0 Å². The fraction of sp³-hybridized carbons (Fsp3) is 0. The molecule has 0 aromatic heterocycles. The Morgan fingerprint density at radius 3 is 1.77 bits per heavy atom. The van der Waals surface area contributed by atoms with E-state index in [9.17, 15) is 0 Å². The number of hydrogen-bond donors (Lipinski definition) is 0. The maximum atomic E-state index is 5.70. The topological polar surface area (TPSA) is 0 Å². The Hall–Kier alpha value is -3.04. The van der Waals surface area contributed by atoms with Gasteiger partial charge in [-0.25, -0.2) is 0 Å². The van der Waals surface area contributed by atoms with E-state index in [0.717, 1.165) is 5.56 Å². The molecule has 0 amide bonds. The summed E-state index contributed by atoms with van der Waals surface area (Å²) in [6.07, 6.45) is 5.70. The first-order chi connectivity index (χ1) is 10.9. The molecule has 5 rings (SSSR count). The zero-order valence-corrected chi connectivity index (χ0v) is 11.9. The van der Waals surface area contributed by atoms with Crippen molar-refractivity contribution in [3.8, 4) is 12.3 Å². The Labute approximate surface area is 128 Å². The summed E-state index contributed by atoms with van der Waals surface area (Å²) in [4.78, 5) is 0. The van der Waals surface area contributed by atoms with E-state index in [1.165, 1.54) is 43.1 Å². The van der Waals surface area contributed by atoms with Crippen LogP contribution in [-0.2, 0) is 0 Å². The molecule has 0 aliphatic heterocycles. The average molecular weight is 276 g/mol. The molecule has 0 saturated heterocycles.